The Morgan fingerprint density at radius 1 is 1.32 bits per heavy atom. The lowest BCUT2D eigenvalue weighted by Gasteiger charge is -2.11. The average Bonchev–Trinajstić information content (AvgIpc) is 2.83. The monoisotopic (exact) mass is 498 g/mol. The molecule has 0 unspecified atom stereocenters. The topological polar surface area (TPSA) is 49.3 Å². The van der Waals surface area contributed by atoms with E-state index in [9.17, 15) is 4.39 Å². The summed E-state index contributed by atoms with van der Waals surface area (Å²) in [5, 5.41) is 7.33. The molecule has 1 aromatic carbocycles. The first-order chi connectivity index (χ1) is 10.1. The number of rotatable bonds is 4. The van der Waals surface area contributed by atoms with E-state index in [1.807, 2.05) is 19.2 Å². The van der Waals surface area contributed by atoms with Crippen LogP contribution in [-0.2, 0) is 13.1 Å². The molecule has 1 heterocycles. The van der Waals surface area contributed by atoms with Gasteiger partial charge in [-0.2, -0.15) is 0 Å². The first kappa shape index (κ1) is 19.3. The first-order valence-corrected chi connectivity index (χ1v) is 7.98. The third-order valence-corrected chi connectivity index (χ3v) is 4.05. The zero-order chi connectivity index (χ0) is 15.2. The van der Waals surface area contributed by atoms with Crippen molar-refractivity contribution < 1.29 is 4.39 Å². The molecule has 0 amide bonds. The summed E-state index contributed by atoms with van der Waals surface area (Å²) in [5.74, 6) is 0.394. The minimum Gasteiger partial charge on any atom is -0.352 e. The number of aromatic nitrogens is 1. The third kappa shape index (κ3) is 6.17. The van der Waals surface area contributed by atoms with E-state index in [1.54, 1.807) is 18.4 Å². The fourth-order valence-corrected chi connectivity index (χ4v) is 3.00. The largest absolute Gasteiger partial charge is 0.352 e. The highest BCUT2D eigenvalue weighted by atomic mass is 127. The number of benzene rings is 1. The Morgan fingerprint density at radius 3 is 2.64 bits per heavy atom. The highest BCUT2D eigenvalue weighted by molar-refractivity contribution is 14.0. The molecule has 0 aliphatic rings. The molecular weight excluding hydrogens is 482 g/mol. The van der Waals surface area contributed by atoms with Crippen molar-refractivity contribution in [3.63, 3.8) is 0 Å². The zero-order valence-corrected chi connectivity index (χ0v) is 16.9. The van der Waals surface area contributed by atoms with Crippen molar-refractivity contribution in [2.24, 2.45) is 4.99 Å². The maximum atomic E-state index is 13.3. The molecule has 0 fully saturated rings. The standard InChI is InChI=1S/C14H16BrFN4S.HI/c1-9-6-18-13(21-9)8-20-14(17-2)19-7-10-3-11(15)5-12(16)4-10;/h3-6H,7-8H2,1-2H3,(H2,17,19,20);1H. The number of nitrogens with zero attached hydrogens (tertiary/aromatic N) is 2. The van der Waals surface area contributed by atoms with E-state index in [2.05, 4.69) is 36.5 Å². The molecule has 0 saturated heterocycles. The van der Waals surface area contributed by atoms with Crippen LogP contribution in [0.5, 0.6) is 0 Å². The van der Waals surface area contributed by atoms with Crippen molar-refractivity contribution in [2.75, 3.05) is 7.05 Å². The normalized spacial score (nSPS) is 11.0. The number of guanidine groups is 1. The van der Waals surface area contributed by atoms with Gasteiger partial charge in [0.2, 0.25) is 0 Å². The van der Waals surface area contributed by atoms with Crippen LogP contribution in [0, 0.1) is 12.7 Å². The van der Waals surface area contributed by atoms with Crippen LogP contribution in [0.4, 0.5) is 4.39 Å². The predicted octanol–water partition coefficient (Wildman–Crippen LogP) is 3.84. The lowest BCUT2D eigenvalue weighted by molar-refractivity contribution is 0.623. The van der Waals surface area contributed by atoms with E-state index in [4.69, 9.17) is 0 Å². The summed E-state index contributed by atoms with van der Waals surface area (Å²) in [4.78, 5) is 9.60. The Kier molecular flexibility index (Phi) is 8.26. The second-order valence-electron chi connectivity index (χ2n) is 4.42. The number of hydrogen-bond acceptors (Lipinski definition) is 3. The lowest BCUT2D eigenvalue weighted by Crippen LogP contribution is -2.36. The quantitative estimate of drug-likeness (QED) is 0.382. The number of hydrogen-bond donors (Lipinski definition) is 2. The van der Waals surface area contributed by atoms with Crippen LogP contribution in [0.3, 0.4) is 0 Å². The Morgan fingerprint density at radius 2 is 2.05 bits per heavy atom. The second-order valence-corrected chi connectivity index (χ2v) is 6.66. The van der Waals surface area contributed by atoms with Crippen molar-refractivity contribution >= 4 is 57.2 Å². The van der Waals surface area contributed by atoms with Crippen LogP contribution < -0.4 is 10.6 Å². The summed E-state index contributed by atoms with van der Waals surface area (Å²) < 4.78 is 14.0. The number of aryl methyl sites for hydroxylation is 1. The number of halogens is 3. The van der Waals surface area contributed by atoms with Crippen molar-refractivity contribution in [3.05, 3.63) is 50.1 Å². The average molecular weight is 499 g/mol. The van der Waals surface area contributed by atoms with Gasteiger partial charge in [0.1, 0.15) is 10.8 Å². The third-order valence-electron chi connectivity index (χ3n) is 2.68. The van der Waals surface area contributed by atoms with Gasteiger partial charge in [0.15, 0.2) is 5.96 Å². The molecule has 120 valence electrons. The molecule has 0 atom stereocenters. The van der Waals surface area contributed by atoms with E-state index in [0.29, 0.717) is 19.0 Å². The summed E-state index contributed by atoms with van der Waals surface area (Å²) in [5.41, 5.74) is 0.843. The van der Waals surface area contributed by atoms with E-state index in [-0.39, 0.29) is 29.8 Å². The van der Waals surface area contributed by atoms with Crippen LogP contribution in [0.2, 0.25) is 0 Å². The molecule has 0 bridgehead atoms. The fraction of sp³-hybridized carbons (Fsp3) is 0.286. The van der Waals surface area contributed by atoms with Gasteiger partial charge in [0.25, 0.3) is 0 Å². The molecule has 2 rings (SSSR count). The van der Waals surface area contributed by atoms with E-state index < -0.39 is 0 Å². The van der Waals surface area contributed by atoms with Crippen LogP contribution in [0.25, 0.3) is 0 Å². The van der Waals surface area contributed by atoms with E-state index in [0.717, 1.165) is 15.0 Å². The van der Waals surface area contributed by atoms with Crippen molar-refractivity contribution in [2.45, 2.75) is 20.0 Å². The van der Waals surface area contributed by atoms with Crippen molar-refractivity contribution in [1.82, 2.24) is 15.6 Å². The highest BCUT2D eigenvalue weighted by Crippen LogP contribution is 2.14. The van der Waals surface area contributed by atoms with Crippen molar-refractivity contribution in [1.29, 1.82) is 0 Å². The van der Waals surface area contributed by atoms with Crippen LogP contribution in [-0.4, -0.2) is 18.0 Å². The Balaban J connectivity index is 0.00000242. The molecule has 8 heteroatoms. The van der Waals surface area contributed by atoms with Gasteiger partial charge in [-0.3, -0.25) is 4.99 Å². The van der Waals surface area contributed by atoms with Crippen LogP contribution in [0.1, 0.15) is 15.4 Å². The van der Waals surface area contributed by atoms with Gasteiger partial charge in [-0.05, 0) is 30.7 Å². The molecule has 22 heavy (non-hydrogen) atoms. The van der Waals surface area contributed by atoms with Gasteiger partial charge in [-0.25, -0.2) is 9.37 Å². The molecule has 4 nitrogen and oxygen atoms in total. The maximum absolute atomic E-state index is 13.3. The molecule has 2 N–H and O–H groups in total. The van der Waals surface area contributed by atoms with Gasteiger partial charge in [0, 0.05) is 29.1 Å². The molecule has 0 aliphatic carbocycles. The van der Waals surface area contributed by atoms with Gasteiger partial charge in [-0.15, -0.1) is 35.3 Å². The summed E-state index contributed by atoms with van der Waals surface area (Å²) >= 11 is 4.93. The minimum absolute atomic E-state index is 0. The Labute approximate surface area is 158 Å². The van der Waals surface area contributed by atoms with Gasteiger partial charge in [0.05, 0.1) is 6.54 Å². The van der Waals surface area contributed by atoms with Crippen molar-refractivity contribution in [3.8, 4) is 0 Å². The molecule has 0 aliphatic heterocycles. The summed E-state index contributed by atoms with van der Waals surface area (Å²) in [6.07, 6.45) is 1.85. The van der Waals surface area contributed by atoms with E-state index >= 15 is 0 Å². The highest BCUT2D eigenvalue weighted by Gasteiger charge is 2.03. The molecule has 2 aromatic rings. The van der Waals surface area contributed by atoms with Crippen LogP contribution >= 0.6 is 51.2 Å². The molecule has 0 spiro atoms. The smallest absolute Gasteiger partial charge is 0.191 e. The summed E-state index contributed by atoms with van der Waals surface area (Å²) in [7, 11) is 1.70. The second kappa shape index (κ2) is 9.41. The summed E-state index contributed by atoms with van der Waals surface area (Å²) in [6, 6.07) is 4.80. The Bertz CT molecular complexity index is 627. The van der Waals surface area contributed by atoms with Gasteiger partial charge in [-0.1, -0.05) is 15.9 Å². The fourth-order valence-electron chi connectivity index (χ4n) is 1.76. The number of thiazole rings is 1. The van der Waals surface area contributed by atoms with Gasteiger partial charge < -0.3 is 10.6 Å². The molecule has 0 saturated carbocycles. The number of aliphatic imine (C=N–C) groups is 1. The number of nitrogens with one attached hydrogen (secondary N) is 2. The maximum Gasteiger partial charge on any atom is 0.191 e. The van der Waals surface area contributed by atoms with E-state index in [1.165, 1.54) is 17.0 Å². The minimum atomic E-state index is -0.262. The molecule has 0 radical (unpaired) electrons. The SMILES string of the molecule is CN=C(NCc1cc(F)cc(Br)c1)NCc1ncc(C)s1.I. The lowest BCUT2D eigenvalue weighted by atomic mass is 10.2. The molecular formula is C14H17BrFIN4S. The van der Waals surface area contributed by atoms with Crippen LogP contribution in [0.15, 0.2) is 33.9 Å². The molecule has 1 aromatic heterocycles. The zero-order valence-electron chi connectivity index (χ0n) is 12.2. The summed E-state index contributed by atoms with van der Waals surface area (Å²) in [6.45, 7) is 3.13. The predicted molar refractivity (Wildman–Crippen MR) is 103 cm³/mol. The Hall–Kier alpha value is -0.740. The van der Waals surface area contributed by atoms with Gasteiger partial charge >= 0.3 is 0 Å². The first-order valence-electron chi connectivity index (χ1n) is 6.37.